The van der Waals surface area contributed by atoms with Gasteiger partial charge in [0.05, 0.1) is 5.54 Å². The summed E-state index contributed by atoms with van der Waals surface area (Å²) in [5, 5.41) is 3.39. The van der Waals surface area contributed by atoms with Crippen molar-refractivity contribution in [3.8, 4) is 0 Å². The van der Waals surface area contributed by atoms with Crippen molar-refractivity contribution in [2.75, 3.05) is 7.05 Å². The maximum Gasteiger partial charge on any atom is 0.242 e. The Morgan fingerprint density at radius 1 is 1.33 bits per heavy atom. The fraction of sp³-hybridized carbons (Fsp3) is 0.438. The molecule has 1 aromatic carbocycles. The first-order valence-corrected chi connectivity index (χ1v) is 7.98. The van der Waals surface area contributed by atoms with Crippen molar-refractivity contribution in [1.82, 2.24) is 4.90 Å². The zero-order valence-electron chi connectivity index (χ0n) is 12.2. The number of thiophene rings is 1. The maximum absolute atomic E-state index is 12.5. The summed E-state index contributed by atoms with van der Waals surface area (Å²) < 4.78 is 1.27. The van der Waals surface area contributed by atoms with Gasteiger partial charge in [-0.15, -0.1) is 23.7 Å². The molecule has 1 saturated carbocycles. The van der Waals surface area contributed by atoms with E-state index in [0.717, 1.165) is 25.7 Å². The van der Waals surface area contributed by atoms with Crippen LogP contribution in [0, 0.1) is 0 Å². The summed E-state index contributed by atoms with van der Waals surface area (Å²) in [4.78, 5) is 14.3. The van der Waals surface area contributed by atoms with Crippen LogP contribution in [0.5, 0.6) is 0 Å². The molecule has 0 bridgehead atoms. The lowest BCUT2D eigenvalue weighted by molar-refractivity contribution is -0.136. The Morgan fingerprint density at radius 3 is 2.71 bits per heavy atom. The van der Waals surface area contributed by atoms with Crippen LogP contribution in [0.1, 0.15) is 31.2 Å². The van der Waals surface area contributed by atoms with Crippen molar-refractivity contribution in [2.45, 2.75) is 37.8 Å². The van der Waals surface area contributed by atoms with Gasteiger partial charge < -0.3 is 10.6 Å². The van der Waals surface area contributed by atoms with Crippen LogP contribution < -0.4 is 5.73 Å². The van der Waals surface area contributed by atoms with Gasteiger partial charge >= 0.3 is 0 Å². The van der Waals surface area contributed by atoms with Gasteiger partial charge in [0.15, 0.2) is 0 Å². The number of fused-ring (bicyclic) bond motifs is 1. The molecule has 114 valence electrons. The van der Waals surface area contributed by atoms with Crippen molar-refractivity contribution in [1.29, 1.82) is 0 Å². The molecule has 1 aliphatic rings. The van der Waals surface area contributed by atoms with Gasteiger partial charge in [0, 0.05) is 18.3 Å². The van der Waals surface area contributed by atoms with E-state index in [2.05, 4.69) is 17.5 Å². The van der Waals surface area contributed by atoms with Crippen LogP contribution in [-0.4, -0.2) is 23.4 Å². The Kier molecular flexibility index (Phi) is 4.91. The largest absolute Gasteiger partial charge is 0.340 e. The van der Waals surface area contributed by atoms with Gasteiger partial charge in [-0.3, -0.25) is 4.79 Å². The quantitative estimate of drug-likeness (QED) is 0.938. The molecule has 3 nitrogen and oxygen atoms in total. The van der Waals surface area contributed by atoms with Crippen LogP contribution in [0.2, 0.25) is 0 Å². The van der Waals surface area contributed by atoms with E-state index in [-0.39, 0.29) is 18.3 Å². The molecule has 1 fully saturated rings. The first-order chi connectivity index (χ1) is 9.60. The minimum absolute atomic E-state index is 0. The summed E-state index contributed by atoms with van der Waals surface area (Å²) in [6.07, 6.45) is 3.77. The van der Waals surface area contributed by atoms with E-state index >= 15 is 0 Å². The monoisotopic (exact) mass is 324 g/mol. The molecule has 21 heavy (non-hydrogen) atoms. The average Bonchev–Trinajstić information content (AvgIpc) is 3.06. The summed E-state index contributed by atoms with van der Waals surface area (Å²) in [6, 6.07) is 8.33. The number of nitrogens with zero attached hydrogens (tertiary/aromatic N) is 1. The lowest BCUT2D eigenvalue weighted by Gasteiger charge is -2.28. The van der Waals surface area contributed by atoms with Crippen LogP contribution in [0.15, 0.2) is 29.6 Å². The predicted molar refractivity (Wildman–Crippen MR) is 90.9 cm³/mol. The van der Waals surface area contributed by atoms with Gasteiger partial charge in [-0.1, -0.05) is 31.0 Å². The minimum Gasteiger partial charge on any atom is -0.340 e. The molecule has 1 aromatic heterocycles. The van der Waals surface area contributed by atoms with E-state index in [4.69, 9.17) is 5.73 Å². The molecule has 0 aliphatic heterocycles. The van der Waals surface area contributed by atoms with Gasteiger partial charge in [0.25, 0.3) is 0 Å². The molecule has 0 saturated heterocycles. The third kappa shape index (κ3) is 3.07. The van der Waals surface area contributed by atoms with E-state index < -0.39 is 5.54 Å². The van der Waals surface area contributed by atoms with Gasteiger partial charge in [0.1, 0.15) is 0 Å². The second kappa shape index (κ2) is 6.34. The zero-order chi connectivity index (χ0) is 14.2. The standard InChI is InChI=1S/C16H20N2OS.ClH/c1-18(15(19)16(17)8-4-5-9-16)10-12-11-20-14-7-3-2-6-13(12)14;/h2-3,6-7,11H,4-5,8-10,17H2,1H3;1H. The third-order valence-electron chi connectivity index (χ3n) is 4.24. The van der Waals surface area contributed by atoms with Gasteiger partial charge in [-0.05, 0) is 35.2 Å². The van der Waals surface area contributed by atoms with Gasteiger partial charge in [0.2, 0.25) is 5.91 Å². The first-order valence-electron chi connectivity index (χ1n) is 7.10. The Balaban J connectivity index is 0.00000161. The number of benzene rings is 1. The first kappa shape index (κ1) is 16.3. The summed E-state index contributed by atoms with van der Waals surface area (Å²) in [6.45, 7) is 0.641. The van der Waals surface area contributed by atoms with Crippen molar-refractivity contribution in [3.05, 3.63) is 35.2 Å². The summed E-state index contributed by atoms with van der Waals surface area (Å²) in [5.41, 5.74) is 6.84. The van der Waals surface area contributed by atoms with Crippen molar-refractivity contribution < 1.29 is 4.79 Å². The number of carbonyl (C=O) groups is 1. The summed E-state index contributed by atoms with van der Waals surface area (Å²) >= 11 is 1.73. The molecule has 2 aromatic rings. The second-order valence-corrected chi connectivity index (χ2v) is 6.69. The fourth-order valence-corrected chi connectivity index (χ4v) is 4.04. The molecule has 5 heteroatoms. The number of carbonyl (C=O) groups excluding carboxylic acids is 1. The molecule has 2 N–H and O–H groups in total. The third-order valence-corrected chi connectivity index (χ3v) is 5.25. The van der Waals surface area contributed by atoms with Crippen molar-refractivity contribution in [3.63, 3.8) is 0 Å². The number of likely N-dealkylation sites (N-methyl/N-ethyl adjacent to an activating group) is 1. The second-order valence-electron chi connectivity index (χ2n) is 5.78. The van der Waals surface area contributed by atoms with Crippen LogP contribution in [0.4, 0.5) is 0 Å². The number of halogens is 1. The molecule has 0 atom stereocenters. The van der Waals surface area contributed by atoms with Gasteiger partial charge in [-0.2, -0.15) is 0 Å². The molecule has 0 spiro atoms. The topological polar surface area (TPSA) is 46.3 Å². The molecule has 1 heterocycles. The van der Waals surface area contributed by atoms with Crippen LogP contribution in [0.25, 0.3) is 10.1 Å². The summed E-state index contributed by atoms with van der Waals surface area (Å²) in [7, 11) is 1.86. The fourth-order valence-electron chi connectivity index (χ4n) is 3.08. The molecule has 1 aliphatic carbocycles. The van der Waals surface area contributed by atoms with E-state index in [0.29, 0.717) is 6.54 Å². The van der Waals surface area contributed by atoms with E-state index in [1.165, 1.54) is 15.6 Å². The van der Waals surface area contributed by atoms with Gasteiger partial charge in [-0.25, -0.2) is 0 Å². The lowest BCUT2D eigenvalue weighted by Crippen LogP contribution is -2.52. The van der Waals surface area contributed by atoms with E-state index in [1.54, 1.807) is 16.2 Å². The van der Waals surface area contributed by atoms with Crippen molar-refractivity contribution in [2.24, 2.45) is 5.73 Å². The number of hydrogen-bond acceptors (Lipinski definition) is 3. The average molecular weight is 325 g/mol. The number of amides is 1. The summed E-state index contributed by atoms with van der Waals surface area (Å²) in [5.74, 6) is 0.0882. The normalized spacial score (nSPS) is 16.7. The Morgan fingerprint density at radius 2 is 2.00 bits per heavy atom. The predicted octanol–water partition coefficient (Wildman–Crippen LogP) is 3.55. The highest BCUT2D eigenvalue weighted by atomic mass is 35.5. The molecule has 0 radical (unpaired) electrons. The molecule has 3 rings (SSSR count). The molecule has 0 unspecified atom stereocenters. The van der Waals surface area contributed by atoms with E-state index in [9.17, 15) is 4.79 Å². The Hall–Kier alpha value is -1.10. The molecular formula is C16H21ClN2OS. The van der Waals surface area contributed by atoms with Crippen LogP contribution in [-0.2, 0) is 11.3 Å². The van der Waals surface area contributed by atoms with E-state index in [1.807, 2.05) is 19.2 Å². The SMILES string of the molecule is CN(Cc1csc2ccccc12)C(=O)C1(N)CCCC1.Cl. The zero-order valence-corrected chi connectivity index (χ0v) is 13.8. The smallest absolute Gasteiger partial charge is 0.242 e. The molecular weight excluding hydrogens is 304 g/mol. The van der Waals surface area contributed by atoms with Crippen LogP contribution in [0.3, 0.4) is 0 Å². The van der Waals surface area contributed by atoms with Crippen LogP contribution >= 0.6 is 23.7 Å². The highest BCUT2D eigenvalue weighted by molar-refractivity contribution is 7.17. The highest BCUT2D eigenvalue weighted by Gasteiger charge is 2.38. The maximum atomic E-state index is 12.5. The number of nitrogens with two attached hydrogens (primary N) is 1. The number of rotatable bonds is 3. The molecule has 1 amide bonds. The highest BCUT2D eigenvalue weighted by Crippen LogP contribution is 2.30. The van der Waals surface area contributed by atoms with Crippen molar-refractivity contribution >= 4 is 39.7 Å². The Bertz CT molecular complexity index is 634. The minimum atomic E-state index is -0.624. The number of hydrogen-bond donors (Lipinski definition) is 1. The lowest BCUT2D eigenvalue weighted by atomic mass is 9.97. The Labute approximate surface area is 135 Å².